The van der Waals surface area contributed by atoms with E-state index in [1.807, 2.05) is 37.3 Å². The third-order valence-electron chi connectivity index (χ3n) is 2.52. The van der Waals surface area contributed by atoms with Gasteiger partial charge >= 0.3 is 5.97 Å². The minimum absolute atomic E-state index is 0.151. The molecule has 0 unspecified atom stereocenters. The zero-order valence-corrected chi connectivity index (χ0v) is 10.8. The summed E-state index contributed by atoms with van der Waals surface area (Å²) in [6.45, 7) is 1.87. The number of nitrogens with zero attached hydrogens (tertiary/aromatic N) is 1. The van der Waals surface area contributed by atoms with Gasteiger partial charge in [-0.1, -0.05) is 24.3 Å². The normalized spacial score (nSPS) is 9.47. The molecule has 0 spiro atoms. The fourth-order valence-electron chi connectivity index (χ4n) is 1.47. The van der Waals surface area contributed by atoms with Gasteiger partial charge in [-0.25, -0.2) is 0 Å². The first-order chi connectivity index (χ1) is 9.13. The van der Waals surface area contributed by atoms with Crippen LogP contribution in [0.15, 0.2) is 24.3 Å². The number of nitrogens with one attached hydrogen (secondary N) is 1. The maximum atomic E-state index is 11.5. The highest BCUT2D eigenvalue weighted by molar-refractivity contribution is 5.81. The molecule has 5 heteroatoms. The van der Waals surface area contributed by atoms with Crippen LogP contribution in [0.5, 0.6) is 0 Å². The van der Waals surface area contributed by atoms with Crippen LogP contribution in [0.2, 0.25) is 0 Å². The molecule has 0 saturated heterocycles. The number of nitriles is 1. The second-order valence-corrected chi connectivity index (χ2v) is 4.02. The summed E-state index contributed by atoms with van der Waals surface area (Å²) >= 11 is 0. The van der Waals surface area contributed by atoms with Crippen molar-refractivity contribution in [1.82, 2.24) is 5.32 Å². The summed E-state index contributed by atoms with van der Waals surface area (Å²) in [6.07, 6.45) is 0.390. The van der Waals surface area contributed by atoms with Crippen molar-refractivity contribution in [3.05, 3.63) is 35.4 Å². The SMILES string of the molecule is Cc1ccccc1CC(=O)OCC(=O)NCCC#N. The molecule has 0 saturated carbocycles. The van der Waals surface area contributed by atoms with Crippen LogP contribution in [-0.4, -0.2) is 25.0 Å². The minimum Gasteiger partial charge on any atom is -0.455 e. The van der Waals surface area contributed by atoms with Crippen LogP contribution in [0.1, 0.15) is 17.5 Å². The Balaban J connectivity index is 2.31. The summed E-state index contributed by atoms with van der Waals surface area (Å²) in [7, 11) is 0. The fraction of sp³-hybridized carbons (Fsp3) is 0.357. The lowest BCUT2D eigenvalue weighted by Gasteiger charge is -2.07. The van der Waals surface area contributed by atoms with Gasteiger partial charge in [-0.3, -0.25) is 9.59 Å². The first kappa shape index (κ1) is 14.7. The molecule has 0 aromatic heterocycles. The lowest BCUT2D eigenvalue weighted by atomic mass is 10.1. The molecular formula is C14H16N2O3. The van der Waals surface area contributed by atoms with Gasteiger partial charge in [0.05, 0.1) is 18.9 Å². The van der Waals surface area contributed by atoms with Crippen molar-refractivity contribution in [1.29, 1.82) is 5.26 Å². The van der Waals surface area contributed by atoms with Gasteiger partial charge in [0.25, 0.3) is 5.91 Å². The highest BCUT2D eigenvalue weighted by Crippen LogP contribution is 2.08. The van der Waals surface area contributed by atoms with E-state index >= 15 is 0 Å². The van der Waals surface area contributed by atoms with Crippen LogP contribution in [0.4, 0.5) is 0 Å². The fourth-order valence-corrected chi connectivity index (χ4v) is 1.47. The van der Waals surface area contributed by atoms with Crippen molar-refractivity contribution < 1.29 is 14.3 Å². The Morgan fingerprint density at radius 1 is 1.37 bits per heavy atom. The summed E-state index contributed by atoms with van der Waals surface area (Å²) in [4.78, 5) is 22.8. The molecule has 0 radical (unpaired) electrons. The summed E-state index contributed by atoms with van der Waals surface area (Å²) in [5, 5.41) is 10.8. The van der Waals surface area contributed by atoms with E-state index in [0.717, 1.165) is 11.1 Å². The molecule has 0 aliphatic heterocycles. The number of hydrogen-bond donors (Lipinski definition) is 1. The molecule has 0 atom stereocenters. The Labute approximate surface area is 112 Å². The van der Waals surface area contributed by atoms with Gasteiger partial charge in [-0.15, -0.1) is 0 Å². The predicted molar refractivity (Wildman–Crippen MR) is 69.1 cm³/mol. The molecular weight excluding hydrogens is 244 g/mol. The molecule has 0 fully saturated rings. The zero-order chi connectivity index (χ0) is 14.1. The number of benzene rings is 1. The van der Waals surface area contributed by atoms with Crippen LogP contribution in [-0.2, 0) is 20.7 Å². The molecule has 1 aromatic rings. The summed E-state index contributed by atoms with van der Waals surface area (Å²) < 4.78 is 4.86. The van der Waals surface area contributed by atoms with Crippen molar-refractivity contribution in [3.8, 4) is 6.07 Å². The lowest BCUT2D eigenvalue weighted by Crippen LogP contribution is -2.29. The quantitative estimate of drug-likeness (QED) is 0.614. The molecule has 5 nitrogen and oxygen atoms in total. The van der Waals surface area contributed by atoms with Gasteiger partial charge in [0.15, 0.2) is 6.61 Å². The first-order valence-corrected chi connectivity index (χ1v) is 5.97. The standard InChI is InChI=1S/C14H16N2O3/c1-11-5-2-3-6-12(11)9-14(18)19-10-13(17)16-8-4-7-15/h2-3,5-6H,4,8-10H2,1H3,(H,16,17). The number of hydrogen-bond acceptors (Lipinski definition) is 4. The summed E-state index contributed by atoms with van der Waals surface area (Å²) in [5.41, 5.74) is 1.90. The molecule has 1 amide bonds. The van der Waals surface area contributed by atoms with E-state index in [0.29, 0.717) is 0 Å². The van der Waals surface area contributed by atoms with E-state index in [9.17, 15) is 9.59 Å². The van der Waals surface area contributed by atoms with Crippen LogP contribution in [0.25, 0.3) is 0 Å². The minimum atomic E-state index is -0.440. The average Bonchev–Trinajstić information content (AvgIpc) is 2.39. The third kappa shape index (κ3) is 5.68. The van der Waals surface area contributed by atoms with Crippen molar-refractivity contribution in [2.24, 2.45) is 0 Å². The number of amides is 1. The largest absolute Gasteiger partial charge is 0.455 e. The van der Waals surface area contributed by atoms with Gasteiger partial charge in [0, 0.05) is 6.54 Å². The molecule has 0 aliphatic rings. The Hall–Kier alpha value is -2.35. The number of carbonyl (C=O) groups excluding carboxylic acids is 2. The number of rotatable bonds is 6. The van der Waals surface area contributed by atoms with Gasteiger partial charge in [0.1, 0.15) is 0 Å². The molecule has 19 heavy (non-hydrogen) atoms. The molecule has 0 bridgehead atoms. The number of aryl methyl sites for hydroxylation is 1. The van der Waals surface area contributed by atoms with Gasteiger partial charge in [0.2, 0.25) is 0 Å². The van der Waals surface area contributed by atoms with Crippen LogP contribution in [0, 0.1) is 18.3 Å². The van der Waals surface area contributed by atoms with Crippen LogP contribution in [0.3, 0.4) is 0 Å². The second kappa shape index (κ2) is 7.88. The van der Waals surface area contributed by atoms with E-state index < -0.39 is 11.9 Å². The number of ether oxygens (including phenoxy) is 1. The van der Waals surface area contributed by atoms with E-state index in [4.69, 9.17) is 10.00 Å². The van der Waals surface area contributed by atoms with Gasteiger partial charge in [-0.05, 0) is 18.1 Å². The van der Waals surface area contributed by atoms with E-state index in [2.05, 4.69) is 5.32 Å². The Morgan fingerprint density at radius 2 is 2.11 bits per heavy atom. The second-order valence-electron chi connectivity index (χ2n) is 4.02. The lowest BCUT2D eigenvalue weighted by molar-refractivity contribution is -0.147. The Bertz CT molecular complexity index is 492. The van der Waals surface area contributed by atoms with Crippen molar-refractivity contribution in [3.63, 3.8) is 0 Å². The Kier molecular flexibility index (Phi) is 6.10. The van der Waals surface area contributed by atoms with E-state index in [1.54, 1.807) is 0 Å². The van der Waals surface area contributed by atoms with Crippen LogP contribution < -0.4 is 5.32 Å². The van der Waals surface area contributed by atoms with Crippen molar-refractivity contribution >= 4 is 11.9 Å². The molecule has 1 rings (SSSR count). The third-order valence-corrected chi connectivity index (χ3v) is 2.52. The van der Waals surface area contributed by atoms with Gasteiger partial charge in [-0.2, -0.15) is 5.26 Å². The molecule has 0 aliphatic carbocycles. The predicted octanol–water partition coefficient (Wildman–Crippen LogP) is 1.11. The zero-order valence-electron chi connectivity index (χ0n) is 10.8. The topological polar surface area (TPSA) is 79.2 Å². The Morgan fingerprint density at radius 3 is 2.79 bits per heavy atom. The number of carbonyl (C=O) groups is 2. The molecule has 100 valence electrons. The molecule has 1 aromatic carbocycles. The highest BCUT2D eigenvalue weighted by Gasteiger charge is 2.09. The highest BCUT2D eigenvalue weighted by atomic mass is 16.5. The van der Waals surface area contributed by atoms with Crippen molar-refractivity contribution in [2.75, 3.05) is 13.2 Å². The summed E-state index contributed by atoms with van der Waals surface area (Å²) in [5.74, 6) is -0.835. The smallest absolute Gasteiger partial charge is 0.310 e. The van der Waals surface area contributed by atoms with E-state index in [-0.39, 0.29) is 26.0 Å². The maximum Gasteiger partial charge on any atom is 0.310 e. The van der Waals surface area contributed by atoms with E-state index in [1.165, 1.54) is 0 Å². The van der Waals surface area contributed by atoms with Crippen LogP contribution >= 0.6 is 0 Å². The molecule has 0 heterocycles. The number of esters is 1. The average molecular weight is 260 g/mol. The van der Waals surface area contributed by atoms with Gasteiger partial charge < -0.3 is 10.1 Å². The van der Waals surface area contributed by atoms with Crippen molar-refractivity contribution in [2.45, 2.75) is 19.8 Å². The molecule has 1 N–H and O–H groups in total. The monoisotopic (exact) mass is 260 g/mol. The first-order valence-electron chi connectivity index (χ1n) is 5.97. The summed E-state index contributed by atoms with van der Waals surface area (Å²) in [6, 6.07) is 9.42. The maximum absolute atomic E-state index is 11.5.